The predicted octanol–water partition coefficient (Wildman–Crippen LogP) is 4.43. The molecule has 0 spiro atoms. The number of hydrogen-bond acceptors (Lipinski definition) is 1. The number of benzene rings is 2. The molecular formula is C18H18O. The molecule has 0 radical (unpaired) electrons. The summed E-state index contributed by atoms with van der Waals surface area (Å²) in [6.07, 6.45) is 1.78. The average molecular weight is 250 g/mol. The maximum absolute atomic E-state index is 12.5. The van der Waals surface area contributed by atoms with Crippen LogP contribution in [0.25, 0.3) is 0 Å². The van der Waals surface area contributed by atoms with Crippen LogP contribution < -0.4 is 0 Å². The van der Waals surface area contributed by atoms with Crippen molar-refractivity contribution in [3.8, 4) is 0 Å². The van der Waals surface area contributed by atoms with E-state index in [2.05, 4.69) is 6.58 Å². The molecule has 0 atom stereocenters. The molecule has 0 aliphatic heterocycles. The zero-order valence-electron chi connectivity index (χ0n) is 11.2. The van der Waals surface area contributed by atoms with Crippen molar-refractivity contribution < 1.29 is 4.79 Å². The zero-order valence-corrected chi connectivity index (χ0v) is 11.2. The molecule has 0 aromatic heterocycles. The monoisotopic (exact) mass is 250 g/mol. The van der Waals surface area contributed by atoms with Crippen LogP contribution >= 0.6 is 0 Å². The largest absolute Gasteiger partial charge is 0.289 e. The van der Waals surface area contributed by atoms with Crippen molar-refractivity contribution >= 4 is 5.78 Å². The van der Waals surface area contributed by atoms with Crippen molar-refractivity contribution in [2.75, 3.05) is 0 Å². The molecule has 1 nitrogen and oxygen atoms in total. The standard InChI is InChI=1S/C18H18O/c1-14(2)12-13-15-8-6-7-11-17(15)18(19)16-9-4-3-5-10-16/h3-11H,1,12-13H2,2H3. The molecule has 2 aromatic rings. The fraction of sp³-hybridized carbons (Fsp3) is 0.167. The Balaban J connectivity index is 2.29. The van der Waals surface area contributed by atoms with E-state index in [1.54, 1.807) is 0 Å². The number of carbonyl (C=O) groups excluding carboxylic acids is 1. The Hall–Kier alpha value is -2.15. The topological polar surface area (TPSA) is 17.1 Å². The second-order valence-electron chi connectivity index (χ2n) is 4.81. The SMILES string of the molecule is C=C(C)CCc1ccccc1C(=O)c1ccccc1. The predicted molar refractivity (Wildman–Crippen MR) is 79.5 cm³/mol. The van der Waals surface area contributed by atoms with E-state index < -0.39 is 0 Å². The molecule has 0 aliphatic rings. The molecule has 0 saturated carbocycles. The molecule has 0 saturated heterocycles. The Morgan fingerprint density at radius 3 is 2.32 bits per heavy atom. The molecule has 2 aromatic carbocycles. The van der Waals surface area contributed by atoms with E-state index in [0.717, 1.165) is 35.1 Å². The summed E-state index contributed by atoms with van der Waals surface area (Å²) in [7, 11) is 0. The van der Waals surface area contributed by atoms with Gasteiger partial charge in [0.05, 0.1) is 0 Å². The lowest BCUT2D eigenvalue weighted by Gasteiger charge is -2.08. The molecule has 0 fully saturated rings. The van der Waals surface area contributed by atoms with E-state index in [1.165, 1.54) is 0 Å². The first-order chi connectivity index (χ1) is 9.18. The van der Waals surface area contributed by atoms with E-state index in [0.29, 0.717) is 0 Å². The third-order valence-corrected chi connectivity index (χ3v) is 3.12. The van der Waals surface area contributed by atoms with Crippen LogP contribution in [0.5, 0.6) is 0 Å². The van der Waals surface area contributed by atoms with Crippen molar-refractivity contribution in [3.05, 3.63) is 83.4 Å². The Bertz CT molecular complexity index is 582. The third kappa shape index (κ3) is 3.41. The number of ketones is 1. The maximum Gasteiger partial charge on any atom is 0.193 e. The lowest BCUT2D eigenvalue weighted by Crippen LogP contribution is -2.05. The maximum atomic E-state index is 12.5. The van der Waals surface area contributed by atoms with E-state index in [-0.39, 0.29) is 5.78 Å². The summed E-state index contributed by atoms with van der Waals surface area (Å²) in [5.74, 6) is 0.0953. The number of allylic oxidation sites excluding steroid dienone is 1. The van der Waals surface area contributed by atoms with E-state index in [9.17, 15) is 4.79 Å². The molecular weight excluding hydrogens is 232 g/mol. The summed E-state index contributed by atoms with van der Waals surface area (Å²) in [5.41, 5.74) is 3.78. The van der Waals surface area contributed by atoms with Crippen molar-refractivity contribution in [2.24, 2.45) is 0 Å². The number of rotatable bonds is 5. The number of hydrogen-bond donors (Lipinski definition) is 0. The van der Waals surface area contributed by atoms with Crippen LogP contribution in [0.1, 0.15) is 34.8 Å². The van der Waals surface area contributed by atoms with Gasteiger partial charge in [0, 0.05) is 11.1 Å². The zero-order chi connectivity index (χ0) is 13.7. The summed E-state index contributed by atoms with van der Waals surface area (Å²) in [5, 5.41) is 0. The number of carbonyl (C=O) groups is 1. The third-order valence-electron chi connectivity index (χ3n) is 3.12. The van der Waals surface area contributed by atoms with Gasteiger partial charge < -0.3 is 0 Å². The highest BCUT2D eigenvalue weighted by Gasteiger charge is 2.12. The van der Waals surface area contributed by atoms with Gasteiger partial charge in [-0.15, -0.1) is 6.58 Å². The second kappa shape index (κ2) is 6.14. The second-order valence-corrected chi connectivity index (χ2v) is 4.81. The van der Waals surface area contributed by atoms with Crippen molar-refractivity contribution in [1.82, 2.24) is 0 Å². The van der Waals surface area contributed by atoms with Crippen LogP contribution in [0.15, 0.2) is 66.7 Å². The number of aryl methyl sites for hydroxylation is 1. The van der Waals surface area contributed by atoms with Crippen LogP contribution in [0.3, 0.4) is 0 Å². The van der Waals surface area contributed by atoms with Gasteiger partial charge in [0.25, 0.3) is 0 Å². The average Bonchev–Trinajstić information content (AvgIpc) is 2.45. The van der Waals surface area contributed by atoms with Crippen molar-refractivity contribution in [1.29, 1.82) is 0 Å². The molecule has 96 valence electrons. The summed E-state index contributed by atoms with van der Waals surface area (Å²) >= 11 is 0. The van der Waals surface area contributed by atoms with Gasteiger partial charge in [-0.1, -0.05) is 60.2 Å². The van der Waals surface area contributed by atoms with Gasteiger partial charge in [-0.2, -0.15) is 0 Å². The molecule has 1 heteroatoms. The van der Waals surface area contributed by atoms with Crippen LogP contribution in [0.2, 0.25) is 0 Å². The Morgan fingerprint density at radius 1 is 1.00 bits per heavy atom. The van der Waals surface area contributed by atoms with Gasteiger partial charge in [-0.25, -0.2) is 0 Å². The molecule has 0 unspecified atom stereocenters. The van der Waals surface area contributed by atoms with Crippen LogP contribution in [-0.2, 0) is 6.42 Å². The molecule has 2 rings (SSSR count). The first-order valence-electron chi connectivity index (χ1n) is 6.50. The smallest absolute Gasteiger partial charge is 0.193 e. The minimum Gasteiger partial charge on any atom is -0.289 e. The van der Waals surface area contributed by atoms with Gasteiger partial charge in [0.2, 0.25) is 0 Å². The summed E-state index contributed by atoms with van der Waals surface area (Å²) in [4.78, 5) is 12.5. The Morgan fingerprint density at radius 2 is 1.63 bits per heavy atom. The first kappa shape index (κ1) is 13.3. The van der Waals surface area contributed by atoms with Gasteiger partial charge in [-0.3, -0.25) is 4.79 Å². The van der Waals surface area contributed by atoms with Gasteiger partial charge in [0.1, 0.15) is 0 Å². The van der Waals surface area contributed by atoms with Crippen molar-refractivity contribution in [3.63, 3.8) is 0 Å². The first-order valence-corrected chi connectivity index (χ1v) is 6.50. The molecule has 0 heterocycles. The minimum absolute atomic E-state index is 0.0953. The fourth-order valence-electron chi connectivity index (χ4n) is 2.05. The van der Waals surface area contributed by atoms with Gasteiger partial charge in [-0.05, 0) is 25.3 Å². The van der Waals surface area contributed by atoms with Gasteiger partial charge >= 0.3 is 0 Å². The van der Waals surface area contributed by atoms with Crippen molar-refractivity contribution in [2.45, 2.75) is 19.8 Å². The molecule has 0 amide bonds. The summed E-state index contributed by atoms with van der Waals surface area (Å²) in [6.45, 7) is 5.93. The lowest BCUT2D eigenvalue weighted by atomic mass is 9.95. The Kier molecular flexibility index (Phi) is 4.30. The summed E-state index contributed by atoms with van der Waals surface area (Å²) in [6, 6.07) is 17.3. The van der Waals surface area contributed by atoms with Gasteiger partial charge in [0.15, 0.2) is 5.78 Å². The van der Waals surface area contributed by atoms with Crippen LogP contribution in [0, 0.1) is 0 Å². The summed E-state index contributed by atoms with van der Waals surface area (Å²) < 4.78 is 0. The van der Waals surface area contributed by atoms with Crippen LogP contribution in [0.4, 0.5) is 0 Å². The normalized spacial score (nSPS) is 10.2. The fourth-order valence-corrected chi connectivity index (χ4v) is 2.05. The highest BCUT2D eigenvalue weighted by atomic mass is 16.1. The minimum atomic E-state index is 0.0953. The van der Waals surface area contributed by atoms with E-state index >= 15 is 0 Å². The van der Waals surface area contributed by atoms with E-state index in [1.807, 2.05) is 61.5 Å². The quantitative estimate of drug-likeness (QED) is 0.567. The molecule has 0 aliphatic carbocycles. The lowest BCUT2D eigenvalue weighted by molar-refractivity contribution is 0.103. The van der Waals surface area contributed by atoms with E-state index in [4.69, 9.17) is 0 Å². The Labute approximate surface area is 114 Å². The molecule has 0 bridgehead atoms. The highest BCUT2D eigenvalue weighted by molar-refractivity contribution is 6.09. The van der Waals surface area contributed by atoms with Crippen LogP contribution in [-0.4, -0.2) is 5.78 Å². The molecule has 19 heavy (non-hydrogen) atoms. The highest BCUT2D eigenvalue weighted by Crippen LogP contribution is 2.17. The molecule has 0 N–H and O–H groups in total.